The average molecular weight is 358 g/mol. The molecule has 0 bridgehead atoms. The molecule has 1 aromatic heterocycles. The van der Waals surface area contributed by atoms with Gasteiger partial charge in [-0.05, 0) is 48.7 Å². The predicted octanol–water partition coefficient (Wildman–Crippen LogP) is 3.76. The number of aliphatic hydroxyl groups excluding tert-OH is 1. The lowest BCUT2D eigenvalue weighted by molar-refractivity contribution is 0.288. The lowest BCUT2D eigenvalue weighted by Gasteiger charge is -2.10. The third kappa shape index (κ3) is 3.28. The number of hydrogen-bond acceptors (Lipinski definition) is 6. The number of fused-ring (bicyclic) bond motifs is 1. The van der Waals surface area contributed by atoms with Crippen LogP contribution in [0.1, 0.15) is 12.0 Å². The van der Waals surface area contributed by atoms with E-state index < -0.39 is 0 Å². The molecule has 2 N–H and O–H groups in total. The first-order valence-corrected chi connectivity index (χ1v) is 8.28. The van der Waals surface area contributed by atoms with Gasteiger partial charge >= 0.3 is 0 Å². The van der Waals surface area contributed by atoms with Crippen molar-refractivity contribution in [3.8, 4) is 34.3 Å². The summed E-state index contributed by atoms with van der Waals surface area (Å²) in [5.74, 6) is 1.79. The van der Waals surface area contributed by atoms with E-state index in [0.717, 1.165) is 17.4 Å². The van der Waals surface area contributed by atoms with Gasteiger partial charge in [0.25, 0.3) is 0 Å². The molecule has 0 saturated carbocycles. The summed E-state index contributed by atoms with van der Waals surface area (Å²) in [6.45, 7) is 0.143. The van der Waals surface area contributed by atoms with Gasteiger partial charge in [0.05, 0.1) is 21.3 Å². The van der Waals surface area contributed by atoms with Crippen molar-refractivity contribution in [2.75, 3.05) is 27.9 Å². The van der Waals surface area contributed by atoms with Crippen molar-refractivity contribution in [1.82, 2.24) is 0 Å². The van der Waals surface area contributed by atoms with Gasteiger partial charge in [-0.2, -0.15) is 0 Å². The highest BCUT2D eigenvalue weighted by atomic mass is 16.5. The molecule has 0 unspecified atom stereocenters. The summed E-state index contributed by atoms with van der Waals surface area (Å²) in [6, 6.07) is 9.23. The Hall–Kier alpha value is -2.86. The Balaban J connectivity index is 2.11. The average Bonchev–Trinajstić information content (AvgIpc) is 3.09. The van der Waals surface area contributed by atoms with Crippen LogP contribution in [0.2, 0.25) is 0 Å². The zero-order chi connectivity index (χ0) is 18.7. The second-order valence-electron chi connectivity index (χ2n) is 5.88. The number of aryl methyl sites for hydroxylation is 1. The molecule has 0 aliphatic carbocycles. The van der Waals surface area contributed by atoms with Crippen molar-refractivity contribution in [3.63, 3.8) is 0 Å². The molecule has 0 saturated heterocycles. The number of phenols is 1. The molecular weight excluding hydrogens is 336 g/mol. The van der Waals surface area contributed by atoms with Gasteiger partial charge in [0.15, 0.2) is 22.8 Å². The predicted molar refractivity (Wildman–Crippen MR) is 98.4 cm³/mol. The van der Waals surface area contributed by atoms with Crippen molar-refractivity contribution in [2.45, 2.75) is 12.8 Å². The summed E-state index contributed by atoms with van der Waals surface area (Å²) >= 11 is 0. The van der Waals surface area contributed by atoms with Crippen molar-refractivity contribution >= 4 is 11.0 Å². The number of aromatic hydroxyl groups is 1. The van der Waals surface area contributed by atoms with Gasteiger partial charge in [-0.1, -0.05) is 0 Å². The molecule has 138 valence electrons. The SMILES string of the molecule is COc1cc(-c2cc3cc(CCCO)cc(OC)c3o2)cc(OC)c1O. The zero-order valence-electron chi connectivity index (χ0n) is 15.0. The van der Waals surface area contributed by atoms with Crippen LogP contribution in [-0.4, -0.2) is 38.1 Å². The first-order chi connectivity index (χ1) is 12.6. The van der Waals surface area contributed by atoms with Gasteiger partial charge in [0.2, 0.25) is 5.75 Å². The van der Waals surface area contributed by atoms with Gasteiger partial charge in [0, 0.05) is 17.6 Å². The van der Waals surface area contributed by atoms with E-state index in [0.29, 0.717) is 40.6 Å². The molecule has 0 amide bonds. The number of hydrogen-bond donors (Lipinski definition) is 2. The maximum Gasteiger partial charge on any atom is 0.200 e. The van der Waals surface area contributed by atoms with Crippen LogP contribution in [0.5, 0.6) is 23.0 Å². The molecule has 0 atom stereocenters. The first-order valence-electron chi connectivity index (χ1n) is 8.28. The third-order valence-electron chi connectivity index (χ3n) is 4.25. The zero-order valence-corrected chi connectivity index (χ0v) is 15.0. The van der Waals surface area contributed by atoms with Crippen molar-refractivity contribution in [1.29, 1.82) is 0 Å². The van der Waals surface area contributed by atoms with Gasteiger partial charge in [-0.15, -0.1) is 0 Å². The van der Waals surface area contributed by atoms with E-state index in [-0.39, 0.29) is 12.4 Å². The maximum absolute atomic E-state index is 10.1. The van der Waals surface area contributed by atoms with E-state index >= 15 is 0 Å². The number of benzene rings is 2. The molecule has 0 radical (unpaired) electrons. The Kier molecular flexibility index (Phi) is 5.23. The van der Waals surface area contributed by atoms with Crippen LogP contribution < -0.4 is 14.2 Å². The van der Waals surface area contributed by atoms with Gasteiger partial charge < -0.3 is 28.8 Å². The molecule has 2 aromatic carbocycles. The Bertz CT molecular complexity index is 887. The number of methoxy groups -OCH3 is 3. The Labute approximate surface area is 151 Å². The molecule has 6 heteroatoms. The van der Waals surface area contributed by atoms with Crippen LogP contribution in [0.25, 0.3) is 22.3 Å². The number of aliphatic hydroxyl groups is 1. The van der Waals surface area contributed by atoms with E-state index in [2.05, 4.69) is 0 Å². The minimum Gasteiger partial charge on any atom is -0.502 e. The maximum atomic E-state index is 10.1. The Morgan fingerprint density at radius 1 is 0.885 bits per heavy atom. The van der Waals surface area contributed by atoms with E-state index in [1.54, 1.807) is 19.2 Å². The number of ether oxygens (including phenoxy) is 3. The molecular formula is C20H22O6. The van der Waals surface area contributed by atoms with Crippen LogP contribution in [0.3, 0.4) is 0 Å². The lowest BCUT2D eigenvalue weighted by Crippen LogP contribution is -1.91. The number of rotatable bonds is 7. The summed E-state index contributed by atoms with van der Waals surface area (Å²) in [7, 11) is 4.56. The summed E-state index contributed by atoms with van der Waals surface area (Å²) in [6.07, 6.45) is 1.44. The quantitative estimate of drug-likeness (QED) is 0.669. The van der Waals surface area contributed by atoms with Crippen LogP contribution in [0.4, 0.5) is 0 Å². The molecule has 3 aromatic rings. The van der Waals surface area contributed by atoms with Gasteiger partial charge in [-0.25, -0.2) is 0 Å². The van der Waals surface area contributed by atoms with E-state index in [1.807, 2.05) is 18.2 Å². The van der Waals surface area contributed by atoms with Crippen molar-refractivity contribution in [3.05, 3.63) is 35.9 Å². The number of furan rings is 1. The van der Waals surface area contributed by atoms with Crippen molar-refractivity contribution < 1.29 is 28.8 Å². The fraction of sp³-hybridized carbons (Fsp3) is 0.300. The topological polar surface area (TPSA) is 81.3 Å². The van der Waals surface area contributed by atoms with E-state index in [4.69, 9.17) is 23.7 Å². The highest BCUT2D eigenvalue weighted by Crippen LogP contribution is 2.42. The summed E-state index contributed by atoms with van der Waals surface area (Å²) in [5, 5.41) is 20.0. The van der Waals surface area contributed by atoms with Gasteiger partial charge in [0.1, 0.15) is 5.76 Å². The fourth-order valence-electron chi connectivity index (χ4n) is 2.94. The molecule has 0 fully saturated rings. The second-order valence-corrected chi connectivity index (χ2v) is 5.88. The van der Waals surface area contributed by atoms with E-state index in [1.165, 1.54) is 14.2 Å². The molecule has 0 aliphatic rings. The summed E-state index contributed by atoms with van der Waals surface area (Å²) in [5.41, 5.74) is 2.42. The first kappa shape index (κ1) is 17.9. The highest BCUT2D eigenvalue weighted by Gasteiger charge is 2.17. The molecule has 26 heavy (non-hydrogen) atoms. The van der Waals surface area contributed by atoms with Crippen LogP contribution in [0.15, 0.2) is 34.7 Å². The largest absolute Gasteiger partial charge is 0.502 e. The van der Waals surface area contributed by atoms with Crippen LogP contribution in [0, 0.1) is 0 Å². The second kappa shape index (κ2) is 7.58. The van der Waals surface area contributed by atoms with Gasteiger partial charge in [-0.3, -0.25) is 0 Å². The van der Waals surface area contributed by atoms with Crippen LogP contribution in [-0.2, 0) is 6.42 Å². The minimum absolute atomic E-state index is 0.0567. The highest BCUT2D eigenvalue weighted by molar-refractivity contribution is 5.88. The summed E-state index contributed by atoms with van der Waals surface area (Å²) < 4.78 is 21.9. The standard InChI is InChI=1S/C20H22O6/c1-23-16-9-13(10-17(24-2)19(16)22)15-11-14-7-12(5-4-6-21)8-18(25-3)20(14)26-15/h7-11,21-22H,4-6H2,1-3H3. The molecule has 1 heterocycles. The smallest absolute Gasteiger partial charge is 0.200 e. The monoisotopic (exact) mass is 358 g/mol. The number of phenolic OH excluding ortho intramolecular Hbond substituents is 1. The van der Waals surface area contributed by atoms with Crippen LogP contribution >= 0.6 is 0 Å². The molecule has 0 spiro atoms. The normalized spacial score (nSPS) is 10.9. The Morgan fingerprint density at radius 3 is 2.12 bits per heavy atom. The molecule has 6 nitrogen and oxygen atoms in total. The Morgan fingerprint density at radius 2 is 1.54 bits per heavy atom. The molecule has 3 rings (SSSR count). The minimum atomic E-state index is -0.0567. The fourth-order valence-corrected chi connectivity index (χ4v) is 2.94. The lowest BCUT2D eigenvalue weighted by atomic mass is 10.1. The summed E-state index contributed by atoms with van der Waals surface area (Å²) in [4.78, 5) is 0. The van der Waals surface area contributed by atoms with E-state index in [9.17, 15) is 5.11 Å². The third-order valence-corrected chi connectivity index (χ3v) is 4.25. The molecule has 0 aliphatic heterocycles. The van der Waals surface area contributed by atoms with Crippen molar-refractivity contribution in [2.24, 2.45) is 0 Å².